The molecule has 0 aliphatic carbocycles. The largest absolute Gasteiger partial charge is 0.358 e. The van der Waals surface area contributed by atoms with Crippen molar-refractivity contribution < 1.29 is 4.79 Å². The summed E-state index contributed by atoms with van der Waals surface area (Å²) in [6.07, 6.45) is 2.54. The number of halogens is 1. The average Bonchev–Trinajstić information content (AvgIpc) is 3.06. The van der Waals surface area contributed by atoms with Crippen LogP contribution in [-0.2, 0) is 13.0 Å². The van der Waals surface area contributed by atoms with Crippen molar-refractivity contribution in [3.63, 3.8) is 0 Å². The Balaban J connectivity index is 0.00000144. The van der Waals surface area contributed by atoms with Gasteiger partial charge >= 0.3 is 0 Å². The molecule has 1 aromatic carbocycles. The molecular weight excluding hydrogens is 300 g/mol. The van der Waals surface area contributed by atoms with Gasteiger partial charge in [0, 0.05) is 35.3 Å². The van der Waals surface area contributed by atoms with Crippen molar-refractivity contribution in [2.24, 2.45) is 0 Å². The maximum absolute atomic E-state index is 12.8. The first kappa shape index (κ1) is 14.7. The molecule has 22 heavy (non-hydrogen) atoms. The van der Waals surface area contributed by atoms with E-state index in [1.54, 1.807) is 6.33 Å². The minimum atomic E-state index is 0. The Morgan fingerprint density at radius 2 is 2.14 bits per heavy atom. The van der Waals surface area contributed by atoms with E-state index in [0.29, 0.717) is 6.54 Å². The maximum Gasteiger partial charge on any atom is 0.256 e. The van der Waals surface area contributed by atoms with Gasteiger partial charge in [-0.1, -0.05) is 18.2 Å². The first-order chi connectivity index (χ1) is 10.2. The van der Waals surface area contributed by atoms with Crippen LogP contribution in [-0.4, -0.2) is 32.3 Å². The number of hydrogen-bond donors (Lipinski definition) is 2. The maximum atomic E-state index is 12.8. The zero-order valence-corrected chi connectivity index (χ0v) is 13.0. The fourth-order valence-corrected chi connectivity index (χ4v) is 3.01. The van der Waals surface area contributed by atoms with Gasteiger partial charge in [0.05, 0.1) is 24.1 Å². The van der Waals surface area contributed by atoms with Gasteiger partial charge < -0.3 is 14.9 Å². The second-order valence-corrected chi connectivity index (χ2v) is 5.48. The lowest BCUT2D eigenvalue weighted by Gasteiger charge is -2.26. The van der Waals surface area contributed by atoms with Crippen LogP contribution in [0.5, 0.6) is 0 Å². The summed E-state index contributed by atoms with van der Waals surface area (Å²) in [5, 5.41) is 1.01. The number of para-hydroxylation sites is 1. The number of nitrogens with zero attached hydrogens (tertiary/aromatic N) is 2. The Kier molecular flexibility index (Phi) is 3.66. The molecule has 114 valence electrons. The smallest absolute Gasteiger partial charge is 0.256 e. The molecule has 1 aliphatic rings. The van der Waals surface area contributed by atoms with Crippen LogP contribution >= 0.6 is 12.4 Å². The summed E-state index contributed by atoms with van der Waals surface area (Å²) in [5.41, 5.74) is 4.87. The Morgan fingerprint density at radius 3 is 2.91 bits per heavy atom. The molecule has 0 saturated carbocycles. The third kappa shape index (κ3) is 2.18. The summed E-state index contributed by atoms with van der Waals surface area (Å²) in [7, 11) is 0. The molecule has 0 unspecified atom stereocenters. The standard InChI is InChI=1S/C16H16N4O.ClH/c1-10-14(18-9-17-10)8-20-7-6-13-15(16(20)21)11-4-2-3-5-12(11)19-13;/h2-5,9,19H,6-8H2,1H3,(H,17,18);1H. The number of carbonyl (C=O) groups is 1. The lowest BCUT2D eigenvalue weighted by Crippen LogP contribution is -2.37. The number of amides is 1. The number of fused-ring (bicyclic) bond motifs is 3. The van der Waals surface area contributed by atoms with Crippen molar-refractivity contribution in [3.8, 4) is 0 Å². The average molecular weight is 317 g/mol. The second kappa shape index (κ2) is 5.50. The van der Waals surface area contributed by atoms with E-state index in [0.717, 1.165) is 46.5 Å². The van der Waals surface area contributed by atoms with Crippen LogP contribution in [0.3, 0.4) is 0 Å². The minimum Gasteiger partial charge on any atom is -0.358 e. The molecule has 2 N–H and O–H groups in total. The van der Waals surface area contributed by atoms with Gasteiger partial charge in [-0.2, -0.15) is 0 Å². The van der Waals surface area contributed by atoms with Gasteiger partial charge in [0.15, 0.2) is 0 Å². The van der Waals surface area contributed by atoms with E-state index in [4.69, 9.17) is 0 Å². The van der Waals surface area contributed by atoms with Crippen LogP contribution in [0.2, 0.25) is 0 Å². The Labute approximate surface area is 134 Å². The van der Waals surface area contributed by atoms with Gasteiger partial charge in [-0.25, -0.2) is 4.98 Å². The minimum absolute atomic E-state index is 0. The summed E-state index contributed by atoms with van der Waals surface area (Å²) < 4.78 is 0. The highest BCUT2D eigenvalue weighted by Crippen LogP contribution is 2.28. The van der Waals surface area contributed by atoms with Crippen molar-refractivity contribution in [2.45, 2.75) is 19.9 Å². The van der Waals surface area contributed by atoms with E-state index in [-0.39, 0.29) is 18.3 Å². The van der Waals surface area contributed by atoms with Crippen LogP contribution in [0.25, 0.3) is 10.9 Å². The predicted molar refractivity (Wildman–Crippen MR) is 87.3 cm³/mol. The molecule has 0 atom stereocenters. The van der Waals surface area contributed by atoms with Crippen molar-refractivity contribution in [3.05, 3.63) is 53.2 Å². The number of rotatable bonds is 2. The zero-order valence-electron chi connectivity index (χ0n) is 12.2. The molecule has 1 aliphatic heterocycles. The monoisotopic (exact) mass is 316 g/mol. The number of hydrogen-bond acceptors (Lipinski definition) is 2. The van der Waals surface area contributed by atoms with Gasteiger partial charge in [0.2, 0.25) is 0 Å². The Morgan fingerprint density at radius 1 is 1.32 bits per heavy atom. The molecule has 0 bridgehead atoms. The first-order valence-electron chi connectivity index (χ1n) is 7.12. The number of benzene rings is 1. The molecule has 4 rings (SSSR count). The van der Waals surface area contributed by atoms with E-state index in [2.05, 4.69) is 15.0 Å². The first-order valence-corrected chi connectivity index (χ1v) is 7.12. The van der Waals surface area contributed by atoms with Crippen molar-refractivity contribution >= 4 is 29.2 Å². The summed E-state index contributed by atoms with van der Waals surface area (Å²) in [6, 6.07) is 7.98. The van der Waals surface area contributed by atoms with Gasteiger partial charge in [0.25, 0.3) is 5.91 Å². The molecule has 3 aromatic rings. The molecule has 6 heteroatoms. The highest BCUT2D eigenvalue weighted by molar-refractivity contribution is 6.08. The quantitative estimate of drug-likeness (QED) is 0.763. The number of aromatic nitrogens is 3. The van der Waals surface area contributed by atoms with E-state index >= 15 is 0 Å². The van der Waals surface area contributed by atoms with Gasteiger partial charge in [-0.05, 0) is 13.0 Å². The molecule has 0 spiro atoms. The van der Waals surface area contributed by atoms with E-state index in [1.807, 2.05) is 36.1 Å². The molecule has 5 nitrogen and oxygen atoms in total. The Hall–Kier alpha value is -2.27. The molecule has 0 fully saturated rings. The van der Waals surface area contributed by atoms with Crippen LogP contribution in [0.1, 0.15) is 27.4 Å². The number of aryl methyl sites for hydroxylation is 1. The lowest BCUT2D eigenvalue weighted by atomic mass is 10.0. The zero-order chi connectivity index (χ0) is 14.4. The van der Waals surface area contributed by atoms with Crippen LogP contribution in [0.4, 0.5) is 0 Å². The second-order valence-electron chi connectivity index (χ2n) is 5.48. The molecule has 2 aromatic heterocycles. The third-order valence-corrected chi connectivity index (χ3v) is 4.19. The number of carbonyl (C=O) groups excluding carboxylic acids is 1. The van der Waals surface area contributed by atoms with Gasteiger partial charge in [-0.3, -0.25) is 4.79 Å². The van der Waals surface area contributed by atoms with Crippen LogP contribution in [0, 0.1) is 6.92 Å². The molecule has 0 radical (unpaired) electrons. The van der Waals surface area contributed by atoms with Crippen molar-refractivity contribution in [1.82, 2.24) is 19.9 Å². The summed E-state index contributed by atoms with van der Waals surface area (Å²) in [4.78, 5) is 25.4. The van der Waals surface area contributed by atoms with Crippen molar-refractivity contribution in [2.75, 3.05) is 6.54 Å². The molecular formula is C16H17ClN4O. The highest BCUT2D eigenvalue weighted by Gasteiger charge is 2.28. The van der Waals surface area contributed by atoms with Crippen LogP contribution < -0.4 is 0 Å². The number of H-pyrrole nitrogens is 2. The fourth-order valence-electron chi connectivity index (χ4n) is 3.01. The van der Waals surface area contributed by atoms with E-state index in [9.17, 15) is 4.79 Å². The van der Waals surface area contributed by atoms with Gasteiger partial charge in [0.1, 0.15) is 0 Å². The summed E-state index contributed by atoms with van der Waals surface area (Å²) >= 11 is 0. The fraction of sp³-hybridized carbons (Fsp3) is 0.250. The lowest BCUT2D eigenvalue weighted by molar-refractivity contribution is 0.0726. The van der Waals surface area contributed by atoms with E-state index < -0.39 is 0 Å². The van der Waals surface area contributed by atoms with Crippen LogP contribution in [0.15, 0.2) is 30.6 Å². The number of imidazole rings is 1. The van der Waals surface area contributed by atoms with Crippen molar-refractivity contribution in [1.29, 1.82) is 0 Å². The topological polar surface area (TPSA) is 64.8 Å². The van der Waals surface area contributed by atoms with Gasteiger partial charge in [-0.15, -0.1) is 12.4 Å². The predicted octanol–water partition coefficient (Wildman–Crippen LogP) is 2.82. The normalized spacial score (nSPS) is 14.0. The van der Waals surface area contributed by atoms with E-state index in [1.165, 1.54) is 0 Å². The molecule has 0 saturated heterocycles. The molecule has 1 amide bonds. The highest BCUT2D eigenvalue weighted by atomic mass is 35.5. The Bertz CT molecular complexity index is 836. The third-order valence-electron chi connectivity index (χ3n) is 4.19. The summed E-state index contributed by atoms with van der Waals surface area (Å²) in [6.45, 7) is 3.27. The number of aromatic amines is 2. The summed E-state index contributed by atoms with van der Waals surface area (Å²) in [5.74, 6) is 0.0936. The molecule has 3 heterocycles. The number of nitrogens with one attached hydrogen (secondary N) is 2. The SMILES string of the molecule is Cc1[nH]cnc1CN1CCc2[nH]c3ccccc3c2C1=O.Cl.